The standard InChI is InChI=1S/C25H28N2O5S/c1-31-20-12-10-19(11-13-20)22(27-16-6-3-7-17-27)18-26-25(28)23-14-15-24(32-23)33(29,30)21-8-4-2-5-9-21/h2,4-5,8-15,22H,3,6-7,16-18H2,1H3,(H,26,28). The van der Waals surface area contributed by atoms with E-state index >= 15 is 0 Å². The number of hydrogen-bond donors (Lipinski definition) is 1. The molecule has 1 aromatic heterocycles. The fraction of sp³-hybridized carbons (Fsp3) is 0.320. The van der Waals surface area contributed by atoms with Gasteiger partial charge in [0.15, 0.2) is 5.76 Å². The maximum absolute atomic E-state index is 12.8. The van der Waals surface area contributed by atoms with Crippen molar-refractivity contribution in [2.45, 2.75) is 35.3 Å². The van der Waals surface area contributed by atoms with E-state index in [1.54, 1.807) is 25.3 Å². The van der Waals surface area contributed by atoms with Crippen molar-refractivity contribution in [1.29, 1.82) is 0 Å². The highest BCUT2D eigenvalue weighted by Gasteiger charge is 2.26. The molecule has 1 aliphatic rings. The molecule has 3 aromatic rings. The second kappa shape index (κ2) is 10.2. The van der Waals surface area contributed by atoms with E-state index in [0.717, 1.165) is 37.2 Å². The van der Waals surface area contributed by atoms with Crippen molar-refractivity contribution in [3.63, 3.8) is 0 Å². The zero-order chi connectivity index (χ0) is 23.3. The van der Waals surface area contributed by atoms with E-state index in [9.17, 15) is 13.2 Å². The molecule has 0 saturated carbocycles. The molecule has 0 bridgehead atoms. The minimum Gasteiger partial charge on any atom is -0.497 e. The van der Waals surface area contributed by atoms with Gasteiger partial charge >= 0.3 is 0 Å². The average Bonchev–Trinajstić information content (AvgIpc) is 3.37. The lowest BCUT2D eigenvalue weighted by Gasteiger charge is -2.35. The van der Waals surface area contributed by atoms with Gasteiger partial charge in [-0.2, -0.15) is 0 Å². The van der Waals surface area contributed by atoms with Gasteiger partial charge in [-0.3, -0.25) is 9.69 Å². The van der Waals surface area contributed by atoms with Crippen molar-refractivity contribution in [2.24, 2.45) is 0 Å². The molecular formula is C25H28N2O5S. The second-order valence-corrected chi connectivity index (χ2v) is 9.91. The molecule has 1 atom stereocenters. The van der Waals surface area contributed by atoms with Gasteiger partial charge in [-0.05, 0) is 67.9 Å². The first kappa shape index (κ1) is 23.1. The lowest BCUT2D eigenvalue weighted by Crippen LogP contribution is -2.40. The second-order valence-electron chi connectivity index (χ2n) is 8.03. The summed E-state index contributed by atoms with van der Waals surface area (Å²) in [6, 6.07) is 18.6. The van der Waals surface area contributed by atoms with Crippen LogP contribution in [0.3, 0.4) is 0 Å². The number of carbonyl (C=O) groups is 1. The predicted octanol–water partition coefficient (Wildman–Crippen LogP) is 4.08. The molecule has 7 nitrogen and oxygen atoms in total. The summed E-state index contributed by atoms with van der Waals surface area (Å²) in [7, 11) is -2.18. The number of nitrogens with zero attached hydrogens (tertiary/aromatic N) is 1. The number of hydrogen-bond acceptors (Lipinski definition) is 6. The summed E-state index contributed by atoms with van der Waals surface area (Å²) in [4.78, 5) is 15.3. The SMILES string of the molecule is COc1ccc(C(CNC(=O)c2ccc(S(=O)(=O)c3ccccc3)o2)N2CCCCC2)cc1. The van der Waals surface area contributed by atoms with Crippen LogP contribution in [0.25, 0.3) is 0 Å². The molecule has 1 saturated heterocycles. The number of piperidine rings is 1. The minimum absolute atomic E-state index is 0.00244. The van der Waals surface area contributed by atoms with Crippen LogP contribution in [0.5, 0.6) is 5.75 Å². The van der Waals surface area contributed by atoms with Crippen LogP contribution in [0, 0.1) is 0 Å². The number of rotatable bonds is 8. The van der Waals surface area contributed by atoms with Crippen LogP contribution >= 0.6 is 0 Å². The first-order valence-corrected chi connectivity index (χ1v) is 12.5. The summed E-state index contributed by atoms with van der Waals surface area (Å²) in [5.74, 6) is 0.305. The molecule has 2 heterocycles. The molecule has 1 fully saturated rings. The number of sulfone groups is 1. The van der Waals surface area contributed by atoms with E-state index in [4.69, 9.17) is 9.15 Å². The number of carbonyl (C=O) groups excluding carboxylic acids is 1. The topological polar surface area (TPSA) is 88.8 Å². The quantitative estimate of drug-likeness (QED) is 0.536. The van der Waals surface area contributed by atoms with Gasteiger partial charge in [0, 0.05) is 6.54 Å². The minimum atomic E-state index is -3.82. The lowest BCUT2D eigenvalue weighted by molar-refractivity contribution is 0.0892. The van der Waals surface area contributed by atoms with E-state index in [-0.39, 0.29) is 21.8 Å². The number of benzene rings is 2. The van der Waals surface area contributed by atoms with Crippen LogP contribution in [0.2, 0.25) is 0 Å². The number of amides is 1. The maximum atomic E-state index is 12.8. The first-order chi connectivity index (χ1) is 16.0. The molecule has 4 rings (SSSR count). The Morgan fingerprint density at radius 1 is 1.00 bits per heavy atom. The molecule has 174 valence electrons. The molecule has 1 amide bonds. The van der Waals surface area contributed by atoms with E-state index in [0.29, 0.717) is 6.54 Å². The Morgan fingerprint density at radius 2 is 1.70 bits per heavy atom. The van der Waals surface area contributed by atoms with Crippen molar-refractivity contribution in [3.8, 4) is 5.75 Å². The van der Waals surface area contributed by atoms with E-state index in [2.05, 4.69) is 10.2 Å². The van der Waals surface area contributed by atoms with Gasteiger partial charge in [-0.1, -0.05) is 36.8 Å². The average molecular weight is 469 g/mol. The van der Waals surface area contributed by atoms with Gasteiger partial charge in [-0.25, -0.2) is 8.42 Å². The summed E-state index contributed by atoms with van der Waals surface area (Å²) in [5.41, 5.74) is 1.09. The van der Waals surface area contributed by atoms with E-state index in [1.165, 1.54) is 30.7 Å². The Hall–Kier alpha value is -3.10. The third-order valence-corrected chi connectivity index (χ3v) is 7.55. The molecular weight excluding hydrogens is 440 g/mol. The van der Waals surface area contributed by atoms with Gasteiger partial charge in [0.25, 0.3) is 5.91 Å². The van der Waals surface area contributed by atoms with Crippen molar-refractivity contribution in [3.05, 3.63) is 78.1 Å². The summed E-state index contributed by atoms with van der Waals surface area (Å²) in [6.45, 7) is 2.31. The zero-order valence-corrected chi connectivity index (χ0v) is 19.4. The molecule has 8 heteroatoms. The monoisotopic (exact) mass is 468 g/mol. The van der Waals surface area contributed by atoms with Crippen molar-refractivity contribution in [1.82, 2.24) is 10.2 Å². The summed E-state index contributed by atoms with van der Waals surface area (Å²) >= 11 is 0. The van der Waals surface area contributed by atoms with Gasteiger partial charge < -0.3 is 14.5 Å². The van der Waals surface area contributed by atoms with Crippen molar-refractivity contribution >= 4 is 15.7 Å². The van der Waals surface area contributed by atoms with Gasteiger partial charge in [0.2, 0.25) is 14.9 Å². The Bertz CT molecular complexity index is 1170. The van der Waals surface area contributed by atoms with Crippen LogP contribution in [0.15, 0.2) is 81.1 Å². The highest BCUT2D eigenvalue weighted by molar-refractivity contribution is 7.91. The normalized spacial score (nSPS) is 15.7. The van der Waals surface area contributed by atoms with Gasteiger partial charge in [-0.15, -0.1) is 0 Å². The van der Waals surface area contributed by atoms with Crippen LogP contribution < -0.4 is 10.1 Å². The van der Waals surface area contributed by atoms with Crippen molar-refractivity contribution in [2.75, 3.05) is 26.7 Å². The summed E-state index contributed by atoms with van der Waals surface area (Å²) in [5, 5.41) is 2.68. The molecule has 0 aliphatic carbocycles. The van der Waals surface area contributed by atoms with Crippen molar-refractivity contribution < 1.29 is 22.4 Å². The lowest BCUT2D eigenvalue weighted by atomic mass is 10.0. The molecule has 1 N–H and O–H groups in total. The van der Waals surface area contributed by atoms with Crippen LogP contribution in [0.1, 0.15) is 41.4 Å². The molecule has 1 aliphatic heterocycles. The molecule has 0 spiro atoms. The number of likely N-dealkylation sites (tertiary alicyclic amines) is 1. The third-order valence-electron chi connectivity index (χ3n) is 5.91. The smallest absolute Gasteiger partial charge is 0.287 e. The van der Waals surface area contributed by atoms with Crippen LogP contribution in [-0.4, -0.2) is 46.0 Å². The first-order valence-electron chi connectivity index (χ1n) is 11.1. The van der Waals surface area contributed by atoms with Gasteiger partial charge in [0.1, 0.15) is 5.75 Å². The zero-order valence-electron chi connectivity index (χ0n) is 18.6. The Labute approximate surface area is 194 Å². The highest BCUT2D eigenvalue weighted by Crippen LogP contribution is 2.27. The Kier molecular flexibility index (Phi) is 7.15. The molecule has 33 heavy (non-hydrogen) atoms. The number of furan rings is 1. The highest BCUT2D eigenvalue weighted by atomic mass is 32.2. The molecule has 2 aromatic carbocycles. The van der Waals surface area contributed by atoms with Crippen LogP contribution in [0.4, 0.5) is 0 Å². The van der Waals surface area contributed by atoms with Gasteiger partial charge in [0.05, 0.1) is 18.0 Å². The Balaban J connectivity index is 1.48. The van der Waals surface area contributed by atoms with Crippen LogP contribution in [-0.2, 0) is 9.84 Å². The number of methoxy groups -OCH3 is 1. The van der Waals surface area contributed by atoms with E-state index in [1.807, 2.05) is 24.3 Å². The molecule has 0 radical (unpaired) electrons. The van der Waals surface area contributed by atoms with E-state index < -0.39 is 15.7 Å². The summed E-state index contributed by atoms with van der Waals surface area (Å²) < 4.78 is 36.2. The third kappa shape index (κ3) is 5.29. The molecule has 1 unspecified atom stereocenters. The maximum Gasteiger partial charge on any atom is 0.287 e. The largest absolute Gasteiger partial charge is 0.497 e. The summed E-state index contributed by atoms with van der Waals surface area (Å²) in [6.07, 6.45) is 3.46. The number of ether oxygens (including phenoxy) is 1. The Morgan fingerprint density at radius 3 is 2.36 bits per heavy atom. The fourth-order valence-corrected chi connectivity index (χ4v) is 5.29. The predicted molar refractivity (Wildman–Crippen MR) is 124 cm³/mol. The number of nitrogens with one attached hydrogen (secondary N) is 1. The fourth-order valence-electron chi connectivity index (χ4n) is 4.09.